The van der Waals surface area contributed by atoms with Crippen LogP contribution in [0.1, 0.15) is 38.3 Å². The van der Waals surface area contributed by atoms with E-state index in [4.69, 9.17) is 0 Å². The van der Waals surface area contributed by atoms with Gasteiger partial charge in [-0.05, 0) is 55.7 Å². The van der Waals surface area contributed by atoms with Crippen molar-refractivity contribution in [1.29, 1.82) is 0 Å². The molecule has 25 heavy (non-hydrogen) atoms. The van der Waals surface area contributed by atoms with E-state index in [1.54, 1.807) is 0 Å². The molecule has 0 heterocycles. The normalized spacial score (nSPS) is 10.4. The van der Waals surface area contributed by atoms with E-state index in [1.165, 1.54) is 0 Å². The standard InChI is InChI=1S/C20H25N3O2/c1-4-19(24)22-17-9-5-15(6-10-17)13-16-7-11-18(12-8-16)23-20(25)21-14(2)3/h5-12,14H,4,13H2,1-3H3,(H,22,24)(H2,21,23,25). The number of benzene rings is 2. The molecule has 132 valence electrons. The largest absolute Gasteiger partial charge is 0.336 e. The predicted molar refractivity (Wildman–Crippen MR) is 102 cm³/mol. The summed E-state index contributed by atoms with van der Waals surface area (Å²) in [5.74, 6) is 0.0114. The van der Waals surface area contributed by atoms with Crippen LogP contribution in [-0.4, -0.2) is 18.0 Å². The number of urea groups is 1. The molecule has 5 nitrogen and oxygen atoms in total. The van der Waals surface area contributed by atoms with Gasteiger partial charge in [0.05, 0.1) is 0 Å². The molecule has 0 atom stereocenters. The van der Waals surface area contributed by atoms with Gasteiger partial charge >= 0.3 is 6.03 Å². The SMILES string of the molecule is CCC(=O)Nc1ccc(Cc2ccc(NC(=O)NC(C)C)cc2)cc1. The van der Waals surface area contributed by atoms with Crippen molar-refractivity contribution in [3.63, 3.8) is 0 Å². The van der Waals surface area contributed by atoms with Gasteiger partial charge in [0.2, 0.25) is 5.91 Å². The number of nitrogens with one attached hydrogen (secondary N) is 3. The van der Waals surface area contributed by atoms with E-state index in [-0.39, 0.29) is 18.0 Å². The van der Waals surface area contributed by atoms with Gasteiger partial charge in [-0.1, -0.05) is 31.2 Å². The first kappa shape index (κ1) is 18.5. The minimum atomic E-state index is -0.201. The van der Waals surface area contributed by atoms with Crippen molar-refractivity contribution >= 4 is 23.3 Å². The van der Waals surface area contributed by atoms with Crippen LogP contribution in [0.15, 0.2) is 48.5 Å². The number of carbonyl (C=O) groups is 2. The maximum Gasteiger partial charge on any atom is 0.319 e. The van der Waals surface area contributed by atoms with Crippen LogP contribution < -0.4 is 16.0 Å². The molecule has 5 heteroatoms. The van der Waals surface area contributed by atoms with E-state index in [0.717, 1.165) is 28.9 Å². The van der Waals surface area contributed by atoms with Crippen molar-refractivity contribution < 1.29 is 9.59 Å². The Morgan fingerprint density at radius 1 is 0.840 bits per heavy atom. The predicted octanol–water partition coefficient (Wildman–Crippen LogP) is 4.16. The molecule has 0 bridgehead atoms. The molecular formula is C20H25N3O2. The van der Waals surface area contributed by atoms with Crippen LogP contribution in [0.25, 0.3) is 0 Å². The Hall–Kier alpha value is -2.82. The lowest BCUT2D eigenvalue weighted by atomic mass is 10.0. The minimum Gasteiger partial charge on any atom is -0.336 e. The Morgan fingerprint density at radius 3 is 1.76 bits per heavy atom. The molecule has 0 unspecified atom stereocenters. The van der Waals surface area contributed by atoms with Gasteiger partial charge in [-0.25, -0.2) is 4.79 Å². The lowest BCUT2D eigenvalue weighted by Gasteiger charge is -2.10. The number of rotatable bonds is 6. The summed E-state index contributed by atoms with van der Waals surface area (Å²) in [6.45, 7) is 5.66. The highest BCUT2D eigenvalue weighted by atomic mass is 16.2. The van der Waals surface area contributed by atoms with E-state index in [1.807, 2.05) is 69.3 Å². The summed E-state index contributed by atoms with van der Waals surface area (Å²) in [5, 5.41) is 8.43. The topological polar surface area (TPSA) is 70.2 Å². The van der Waals surface area contributed by atoms with Crippen LogP contribution in [-0.2, 0) is 11.2 Å². The first-order chi connectivity index (χ1) is 12.0. The van der Waals surface area contributed by atoms with Crippen LogP contribution in [0, 0.1) is 0 Å². The molecule has 0 aromatic heterocycles. The van der Waals surface area contributed by atoms with E-state index < -0.39 is 0 Å². The summed E-state index contributed by atoms with van der Waals surface area (Å²) in [4.78, 5) is 23.1. The molecule has 0 saturated heterocycles. The van der Waals surface area contributed by atoms with Gasteiger partial charge in [0.15, 0.2) is 0 Å². The molecule has 0 fully saturated rings. The zero-order valence-corrected chi connectivity index (χ0v) is 14.9. The first-order valence-corrected chi connectivity index (χ1v) is 8.51. The lowest BCUT2D eigenvalue weighted by molar-refractivity contribution is -0.115. The van der Waals surface area contributed by atoms with Gasteiger partial charge in [-0.2, -0.15) is 0 Å². The molecule has 0 saturated carbocycles. The van der Waals surface area contributed by atoms with Crippen molar-refractivity contribution in [2.24, 2.45) is 0 Å². The van der Waals surface area contributed by atoms with E-state index in [2.05, 4.69) is 16.0 Å². The van der Waals surface area contributed by atoms with Gasteiger partial charge in [0, 0.05) is 23.8 Å². The molecule has 2 aromatic carbocycles. The van der Waals surface area contributed by atoms with Crippen LogP contribution >= 0.6 is 0 Å². The maximum absolute atomic E-state index is 11.7. The van der Waals surface area contributed by atoms with Gasteiger partial charge in [0.25, 0.3) is 0 Å². The second kappa shape index (κ2) is 8.87. The van der Waals surface area contributed by atoms with Gasteiger partial charge in [-0.15, -0.1) is 0 Å². The van der Waals surface area contributed by atoms with Crippen molar-refractivity contribution in [3.8, 4) is 0 Å². The third kappa shape index (κ3) is 6.30. The van der Waals surface area contributed by atoms with Crippen LogP contribution in [0.5, 0.6) is 0 Å². The van der Waals surface area contributed by atoms with E-state index in [0.29, 0.717) is 6.42 Å². The zero-order valence-electron chi connectivity index (χ0n) is 14.9. The van der Waals surface area contributed by atoms with Gasteiger partial charge < -0.3 is 16.0 Å². The summed E-state index contributed by atoms with van der Waals surface area (Å²) in [5.41, 5.74) is 3.89. The minimum absolute atomic E-state index is 0.0114. The number of amides is 3. The molecule has 0 aliphatic rings. The quantitative estimate of drug-likeness (QED) is 0.740. The second-order valence-electron chi connectivity index (χ2n) is 6.23. The Morgan fingerprint density at radius 2 is 1.32 bits per heavy atom. The summed E-state index contributed by atoms with van der Waals surface area (Å²) in [7, 11) is 0. The summed E-state index contributed by atoms with van der Waals surface area (Å²) < 4.78 is 0. The van der Waals surface area contributed by atoms with Crippen molar-refractivity contribution in [3.05, 3.63) is 59.7 Å². The van der Waals surface area contributed by atoms with E-state index >= 15 is 0 Å². The third-order valence-electron chi connectivity index (χ3n) is 3.60. The molecule has 2 aromatic rings. The molecule has 0 aliphatic carbocycles. The van der Waals surface area contributed by atoms with Crippen molar-refractivity contribution in [1.82, 2.24) is 5.32 Å². The molecule has 0 aliphatic heterocycles. The Bertz CT molecular complexity index is 707. The average molecular weight is 339 g/mol. The number of hydrogen-bond donors (Lipinski definition) is 3. The molecule has 2 rings (SSSR count). The highest BCUT2D eigenvalue weighted by molar-refractivity contribution is 5.90. The monoisotopic (exact) mass is 339 g/mol. The fraction of sp³-hybridized carbons (Fsp3) is 0.300. The van der Waals surface area contributed by atoms with Crippen molar-refractivity contribution in [2.75, 3.05) is 10.6 Å². The highest BCUT2D eigenvalue weighted by Crippen LogP contribution is 2.16. The highest BCUT2D eigenvalue weighted by Gasteiger charge is 2.04. The summed E-state index contributed by atoms with van der Waals surface area (Å²) >= 11 is 0. The van der Waals surface area contributed by atoms with Crippen molar-refractivity contribution in [2.45, 2.75) is 39.7 Å². The molecular weight excluding hydrogens is 314 g/mol. The van der Waals surface area contributed by atoms with Crippen LogP contribution in [0.4, 0.5) is 16.2 Å². The Balaban J connectivity index is 1.92. The molecule has 0 radical (unpaired) electrons. The third-order valence-corrected chi connectivity index (χ3v) is 3.60. The number of carbonyl (C=O) groups excluding carboxylic acids is 2. The summed E-state index contributed by atoms with van der Waals surface area (Å²) in [6, 6.07) is 15.5. The average Bonchev–Trinajstić information content (AvgIpc) is 2.57. The molecule has 3 N–H and O–H groups in total. The number of hydrogen-bond acceptors (Lipinski definition) is 2. The molecule has 0 spiro atoms. The zero-order chi connectivity index (χ0) is 18.2. The Kier molecular flexibility index (Phi) is 6.57. The second-order valence-corrected chi connectivity index (χ2v) is 6.23. The van der Waals surface area contributed by atoms with Crippen LogP contribution in [0.2, 0.25) is 0 Å². The molecule has 3 amide bonds. The number of anilines is 2. The fourth-order valence-corrected chi connectivity index (χ4v) is 2.33. The lowest BCUT2D eigenvalue weighted by Crippen LogP contribution is -2.34. The van der Waals surface area contributed by atoms with E-state index in [9.17, 15) is 9.59 Å². The summed E-state index contributed by atoms with van der Waals surface area (Å²) in [6.07, 6.45) is 1.26. The van der Waals surface area contributed by atoms with Gasteiger partial charge in [0.1, 0.15) is 0 Å². The smallest absolute Gasteiger partial charge is 0.319 e. The maximum atomic E-state index is 11.7. The Labute approximate surface area is 148 Å². The van der Waals surface area contributed by atoms with Gasteiger partial charge in [-0.3, -0.25) is 4.79 Å². The van der Waals surface area contributed by atoms with Crippen LogP contribution in [0.3, 0.4) is 0 Å². The first-order valence-electron chi connectivity index (χ1n) is 8.51. The fourth-order valence-electron chi connectivity index (χ4n) is 2.33.